The molecule has 3 heterocycles. The summed E-state index contributed by atoms with van der Waals surface area (Å²) < 4.78 is 4.76. The Morgan fingerprint density at radius 1 is 0.304 bits per heavy atom. The fourth-order valence-corrected chi connectivity index (χ4v) is 8.38. The third-order valence-electron chi connectivity index (χ3n) is 10.9. The Hall–Kier alpha value is -7.56. The number of fused-ring (bicyclic) bond motifs is 6. The van der Waals surface area contributed by atoms with Gasteiger partial charge >= 0.3 is 0 Å². The summed E-state index contributed by atoms with van der Waals surface area (Å²) in [6, 6.07) is 73.2. The molecule has 0 radical (unpaired) electrons. The Kier molecular flexibility index (Phi) is 7.46. The number of hydrogen-bond acceptors (Lipinski definition) is 2. The third-order valence-corrected chi connectivity index (χ3v) is 10.9. The molecule has 0 unspecified atom stereocenters. The Morgan fingerprint density at radius 2 is 0.804 bits per heavy atom. The number of hydrogen-bond donors (Lipinski definition) is 0. The summed E-state index contributed by atoms with van der Waals surface area (Å²) >= 11 is 0. The Bertz CT molecular complexity index is 3160. The Labute approximate surface area is 324 Å². The minimum absolute atomic E-state index is 0.713. The van der Waals surface area contributed by atoms with Crippen LogP contribution in [0.5, 0.6) is 0 Å². The molecular formula is C52H34N4. The zero-order valence-electron chi connectivity index (χ0n) is 30.4. The summed E-state index contributed by atoms with van der Waals surface area (Å²) in [6.07, 6.45) is 0. The van der Waals surface area contributed by atoms with Crippen LogP contribution in [-0.4, -0.2) is 19.1 Å². The molecule has 0 aliphatic heterocycles. The third kappa shape index (κ3) is 5.23. The van der Waals surface area contributed by atoms with Crippen molar-refractivity contribution in [3.63, 3.8) is 0 Å². The predicted octanol–water partition coefficient (Wildman–Crippen LogP) is 13.3. The lowest BCUT2D eigenvalue weighted by molar-refractivity contribution is 1.17. The first-order valence-corrected chi connectivity index (χ1v) is 19.0. The van der Waals surface area contributed by atoms with E-state index in [2.05, 4.69) is 179 Å². The summed E-state index contributed by atoms with van der Waals surface area (Å²) in [5.74, 6) is 0.713. The van der Waals surface area contributed by atoms with Gasteiger partial charge in [-0.1, -0.05) is 146 Å². The van der Waals surface area contributed by atoms with Crippen molar-refractivity contribution in [2.75, 3.05) is 0 Å². The standard InChI is InChI=1S/C52H34N4/c1-4-15-35(16-5-1)45-34-46(54-52(53-45)37-17-6-2-7-18-37)36-27-30-40(31-28-36)55-47-24-12-10-21-42(47)44-33-38(29-32-49(44)55)41-23-14-26-50-51(41)43-22-11-13-25-48(43)56(50)39-19-8-3-9-20-39/h1-34H. The van der Waals surface area contributed by atoms with E-state index < -0.39 is 0 Å². The topological polar surface area (TPSA) is 35.6 Å². The molecule has 0 saturated carbocycles. The molecule has 0 N–H and O–H groups in total. The van der Waals surface area contributed by atoms with E-state index in [1.165, 1.54) is 54.7 Å². The van der Waals surface area contributed by atoms with Gasteiger partial charge in [0.2, 0.25) is 0 Å². The van der Waals surface area contributed by atoms with Crippen LogP contribution in [0.25, 0.3) is 100 Å². The molecule has 0 atom stereocenters. The van der Waals surface area contributed by atoms with Gasteiger partial charge in [-0.25, -0.2) is 9.97 Å². The van der Waals surface area contributed by atoms with Crippen LogP contribution in [0.1, 0.15) is 0 Å². The molecular weight excluding hydrogens is 681 g/mol. The smallest absolute Gasteiger partial charge is 0.160 e. The first-order valence-electron chi connectivity index (χ1n) is 19.0. The molecule has 0 saturated heterocycles. The van der Waals surface area contributed by atoms with Crippen LogP contribution >= 0.6 is 0 Å². The van der Waals surface area contributed by atoms with E-state index in [1.807, 2.05) is 36.4 Å². The highest BCUT2D eigenvalue weighted by Crippen LogP contribution is 2.41. The predicted molar refractivity (Wildman–Crippen MR) is 232 cm³/mol. The molecule has 4 heteroatoms. The van der Waals surface area contributed by atoms with E-state index in [4.69, 9.17) is 9.97 Å². The Balaban J connectivity index is 1.04. The van der Waals surface area contributed by atoms with Crippen LogP contribution in [0.15, 0.2) is 206 Å². The molecule has 0 aliphatic carbocycles. The van der Waals surface area contributed by atoms with Gasteiger partial charge in [-0.15, -0.1) is 0 Å². The fraction of sp³-hybridized carbons (Fsp3) is 0. The van der Waals surface area contributed by atoms with Gasteiger partial charge in [0.25, 0.3) is 0 Å². The van der Waals surface area contributed by atoms with Crippen molar-refractivity contribution < 1.29 is 0 Å². The van der Waals surface area contributed by atoms with Crippen LogP contribution in [0.4, 0.5) is 0 Å². The van der Waals surface area contributed by atoms with E-state index in [9.17, 15) is 0 Å². The second-order valence-corrected chi connectivity index (χ2v) is 14.2. The van der Waals surface area contributed by atoms with Gasteiger partial charge in [0.1, 0.15) is 0 Å². The van der Waals surface area contributed by atoms with Crippen molar-refractivity contribution in [3.05, 3.63) is 206 Å². The van der Waals surface area contributed by atoms with Crippen molar-refractivity contribution in [1.29, 1.82) is 0 Å². The van der Waals surface area contributed by atoms with Gasteiger partial charge in [-0.2, -0.15) is 0 Å². The number of rotatable bonds is 6. The quantitative estimate of drug-likeness (QED) is 0.172. The molecule has 4 nitrogen and oxygen atoms in total. The second kappa shape index (κ2) is 13.1. The van der Waals surface area contributed by atoms with E-state index in [1.54, 1.807) is 0 Å². The zero-order valence-corrected chi connectivity index (χ0v) is 30.4. The summed E-state index contributed by atoms with van der Waals surface area (Å²) in [5, 5.41) is 4.96. The van der Waals surface area contributed by atoms with Crippen LogP contribution < -0.4 is 0 Å². The normalized spacial score (nSPS) is 11.6. The molecule has 0 spiro atoms. The maximum absolute atomic E-state index is 5.07. The molecule has 0 aliphatic rings. The van der Waals surface area contributed by atoms with Crippen molar-refractivity contribution in [1.82, 2.24) is 19.1 Å². The van der Waals surface area contributed by atoms with Crippen molar-refractivity contribution in [2.45, 2.75) is 0 Å². The monoisotopic (exact) mass is 714 g/mol. The molecule has 11 rings (SSSR count). The highest BCUT2D eigenvalue weighted by molar-refractivity contribution is 6.17. The van der Waals surface area contributed by atoms with E-state index in [0.29, 0.717) is 5.82 Å². The maximum atomic E-state index is 5.07. The summed E-state index contributed by atoms with van der Waals surface area (Å²) in [6.45, 7) is 0. The molecule has 0 fully saturated rings. The van der Waals surface area contributed by atoms with E-state index in [-0.39, 0.29) is 0 Å². The average Bonchev–Trinajstić information content (AvgIpc) is 3.80. The number of aromatic nitrogens is 4. The largest absolute Gasteiger partial charge is 0.309 e. The first-order chi connectivity index (χ1) is 27.8. The highest BCUT2D eigenvalue weighted by atomic mass is 15.0. The van der Waals surface area contributed by atoms with Gasteiger partial charge in [0.05, 0.1) is 33.5 Å². The molecule has 0 amide bonds. The molecule has 8 aromatic carbocycles. The second-order valence-electron chi connectivity index (χ2n) is 14.2. The lowest BCUT2D eigenvalue weighted by atomic mass is 9.98. The lowest BCUT2D eigenvalue weighted by Crippen LogP contribution is -1.97. The van der Waals surface area contributed by atoms with Gasteiger partial charge in [-0.05, 0) is 71.8 Å². The Morgan fingerprint density at radius 3 is 1.52 bits per heavy atom. The summed E-state index contributed by atoms with van der Waals surface area (Å²) in [4.78, 5) is 10.1. The van der Waals surface area contributed by atoms with Crippen molar-refractivity contribution in [2.24, 2.45) is 0 Å². The molecule has 0 bridgehead atoms. The minimum atomic E-state index is 0.713. The maximum Gasteiger partial charge on any atom is 0.160 e. The van der Waals surface area contributed by atoms with Gasteiger partial charge in [0.15, 0.2) is 5.82 Å². The van der Waals surface area contributed by atoms with Gasteiger partial charge in [0, 0.05) is 49.6 Å². The SMILES string of the molecule is c1ccc(-c2cc(-c3ccc(-n4c5ccccc5c5cc(-c6cccc7c6c6ccccc6n7-c6ccccc6)ccc54)cc3)nc(-c3ccccc3)n2)cc1. The summed E-state index contributed by atoms with van der Waals surface area (Å²) in [5.41, 5.74) is 14.3. The first kappa shape index (κ1) is 31.9. The highest BCUT2D eigenvalue weighted by Gasteiger charge is 2.18. The molecule has 11 aromatic rings. The summed E-state index contributed by atoms with van der Waals surface area (Å²) in [7, 11) is 0. The van der Waals surface area contributed by atoms with Crippen LogP contribution in [-0.2, 0) is 0 Å². The number of benzene rings is 8. The fourth-order valence-electron chi connectivity index (χ4n) is 8.38. The van der Waals surface area contributed by atoms with Crippen molar-refractivity contribution >= 4 is 43.6 Å². The van der Waals surface area contributed by atoms with Crippen LogP contribution in [0.2, 0.25) is 0 Å². The lowest BCUT2D eigenvalue weighted by Gasteiger charge is -2.12. The minimum Gasteiger partial charge on any atom is -0.309 e. The zero-order chi connectivity index (χ0) is 37.0. The molecule has 56 heavy (non-hydrogen) atoms. The van der Waals surface area contributed by atoms with Crippen molar-refractivity contribution in [3.8, 4) is 56.4 Å². The number of nitrogens with zero attached hydrogens (tertiary/aromatic N) is 4. The van der Waals surface area contributed by atoms with Gasteiger partial charge in [-0.3, -0.25) is 0 Å². The average molecular weight is 715 g/mol. The molecule has 3 aromatic heterocycles. The van der Waals surface area contributed by atoms with Gasteiger partial charge < -0.3 is 9.13 Å². The van der Waals surface area contributed by atoms with Crippen LogP contribution in [0.3, 0.4) is 0 Å². The van der Waals surface area contributed by atoms with Crippen LogP contribution in [0, 0.1) is 0 Å². The number of para-hydroxylation sites is 3. The van der Waals surface area contributed by atoms with E-state index >= 15 is 0 Å². The molecule has 262 valence electrons. The van der Waals surface area contributed by atoms with E-state index in [0.717, 1.165) is 39.5 Å².